The van der Waals surface area contributed by atoms with Crippen molar-refractivity contribution >= 4 is 5.69 Å². The van der Waals surface area contributed by atoms with Gasteiger partial charge in [-0.2, -0.15) is 0 Å². The Morgan fingerprint density at radius 1 is 1.38 bits per heavy atom. The summed E-state index contributed by atoms with van der Waals surface area (Å²) in [4.78, 5) is 0. The average molecular weight is 223 g/mol. The monoisotopic (exact) mass is 223 g/mol. The van der Waals surface area contributed by atoms with Gasteiger partial charge in [-0.15, -0.1) is 0 Å². The number of hydrogen-bond donors (Lipinski definition) is 2. The van der Waals surface area contributed by atoms with Crippen molar-refractivity contribution in [1.29, 1.82) is 0 Å². The highest BCUT2D eigenvalue weighted by Gasteiger charge is 2.22. The molecular formula is C13H21NO2. The van der Waals surface area contributed by atoms with Crippen molar-refractivity contribution in [3.05, 3.63) is 24.3 Å². The number of aliphatic hydroxyl groups excluding tert-OH is 1. The fourth-order valence-electron chi connectivity index (χ4n) is 1.81. The lowest BCUT2D eigenvalue weighted by Gasteiger charge is -2.30. The molecule has 0 aliphatic rings. The maximum Gasteiger partial charge on any atom is 0.141 e. The summed E-state index contributed by atoms with van der Waals surface area (Å²) < 4.78 is 5.27. The van der Waals surface area contributed by atoms with Gasteiger partial charge in [-0.25, -0.2) is 0 Å². The second kappa shape index (κ2) is 5.75. The highest BCUT2D eigenvalue weighted by molar-refractivity contribution is 5.57. The second-order valence-electron chi connectivity index (χ2n) is 4.29. The van der Waals surface area contributed by atoms with Crippen molar-refractivity contribution < 1.29 is 9.84 Å². The molecule has 90 valence electrons. The predicted octanol–water partition coefficient (Wildman–Crippen LogP) is 2.66. The molecule has 0 amide bonds. The quantitative estimate of drug-likeness (QED) is 0.779. The molecular weight excluding hydrogens is 202 g/mol. The molecule has 0 aliphatic carbocycles. The van der Waals surface area contributed by atoms with E-state index in [1.807, 2.05) is 31.2 Å². The van der Waals surface area contributed by atoms with Gasteiger partial charge >= 0.3 is 0 Å². The Bertz CT molecular complexity index is 327. The van der Waals surface area contributed by atoms with E-state index in [1.54, 1.807) is 7.11 Å². The molecule has 2 N–H and O–H groups in total. The zero-order valence-corrected chi connectivity index (χ0v) is 10.3. The van der Waals surface area contributed by atoms with Gasteiger partial charge in [0, 0.05) is 0 Å². The molecule has 16 heavy (non-hydrogen) atoms. The van der Waals surface area contributed by atoms with E-state index < -0.39 is 0 Å². The Balaban J connectivity index is 2.85. The summed E-state index contributed by atoms with van der Waals surface area (Å²) in [5, 5.41) is 12.8. The first-order chi connectivity index (χ1) is 7.65. The summed E-state index contributed by atoms with van der Waals surface area (Å²) in [6.07, 6.45) is 1.95. The van der Waals surface area contributed by atoms with Gasteiger partial charge in [-0.1, -0.05) is 25.5 Å². The minimum atomic E-state index is -0.288. The smallest absolute Gasteiger partial charge is 0.141 e. The fourth-order valence-corrected chi connectivity index (χ4v) is 1.81. The molecule has 0 saturated heterocycles. The van der Waals surface area contributed by atoms with Gasteiger partial charge in [0.25, 0.3) is 0 Å². The summed E-state index contributed by atoms with van der Waals surface area (Å²) in [5.74, 6) is 0.804. The van der Waals surface area contributed by atoms with Crippen molar-refractivity contribution in [2.45, 2.75) is 32.2 Å². The summed E-state index contributed by atoms with van der Waals surface area (Å²) in [5.41, 5.74) is 0.638. The summed E-state index contributed by atoms with van der Waals surface area (Å²) in [7, 11) is 1.65. The molecule has 3 nitrogen and oxygen atoms in total. The molecule has 0 aromatic heterocycles. The Hall–Kier alpha value is -1.22. The lowest BCUT2D eigenvalue weighted by atomic mass is 9.97. The first-order valence-electron chi connectivity index (χ1n) is 5.67. The van der Waals surface area contributed by atoms with Crippen LogP contribution in [0.3, 0.4) is 0 Å². The summed E-state index contributed by atoms with van der Waals surface area (Å²) in [6, 6.07) is 7.75. The number of rotatable bonds is 6. The normalized spacial score (nSPS) is 14.2. The van der Waals surface area contributed by atoms with Crippen LogP contribution in [0.2, 0.25) is 0 Å². The molecule has 0 radical (unpaired) electrons. The maximum atomic E-state index is 9.44. The van der Waals surface area contributed by atoms with Gasteiger partial charge in [0.1, 0.15) is 5.75 Å². The van der Waals surface area contributed by atoms with Crippen molar-refractivity contribution in [3.63, 3.8) is 0 Å². The van der Waals surface area contributed by atoms with Crippen molar-refractivity contribution in [1.82, 2.24) is 0 Å². The van der Waals surface area contributed by atoms with Gasteiger partial charge in [0.05, 0.1) is 24.9 Å². The number of aliphatic hydroxyl groups is 1. The van der Waals surface area contributed by atoms with E-state index in [9.17, 15) is 5.11 Å². The van der Waals surface area contributed by atoms with Crippen LogP contribution in [0.4, 0.5) is 5.69 Å². The Labute approximate surface area is 97.4 Å². The number of methoxy groups -OCH3 is 1. The third-order valence-corrected chi connectivity index (χ3v) is 2.69. The molecule has 0 saturated carbocycles. The van der Waals surface area contributed by atoms with Gasteiger partial charge in [0.15, 0.2) is 0 Å². The molecule has 1 unspecified atom stereocenters. The zero-order valence-electron chi connectivity index (χ0n) is 10.3. The minimum Gasteiger partial charge on any atom is -0.495 e. The molecule has 0 fully saturated rings. The molecule has 0 heterocycles. The molecule has 1 atom stereocenters. The second-order valence-corrected chi connectivity index (χ2v) is 4.29. The highest BCUT2D eigenvalue weighted by atomic mass is 16.5. The van der Waals surface area contributed by atoms with Crippen LogP contribution in [0.25, 0.3) is 0 Å². The van der Waals surface area contributed by atoms with Gasteiger partial charge in [-0.3, -0.25) is 0 Å². The van der Waals surface area contributed by atoms with Crippen LogP contribution in [0.15, 0.2) is 24.3 Å². The lowest BCUT2D eigenvalue weighted by Crippen LogP contribution is -2.38. The third kappa shape index (κ3) is 3.14. The molecule has 1 aromatic rings. The number of para-hydroxylation sites is 2. The first-order valence-corrected chi connectivity index (χ1v) is 5.67. The first kappa shape index (κ1) is 12.8. The van der Waals surface area contributed by atoms with E-state index in [0.29, 0.717) is 0 Å². The van der Waals surface area contributed by atoms with Crippen LogP contribution in [-0.2, 0) is 0 Å². The van der Waals surface area contributed by atoms with Gasteiger partial charge in [0.2, 0.25) is 0 Å². The fraction of sp³-hybridized carbons (Fsp3) is 0.538. The predicted molar refractivity (Wildman–Crippen MR) is 67.0 cm³/mol. The van der Waals surface area contributed by atoms with E-state index in [0.717, 1.165) is 24.3 Å². The topological polar surface area (TPSA) is 41.5 Å². The van der Waals surface area contributed by atoms with Crippen LogP contribution in [-0.4, -0.2) is 24.4 Å². The summed E-state index contributed by atoms with van der Waals surface area (Å²) >= 11 is 0. The van der Waals surface area contributed by atoms with Gasteiger partial charge in [-0.05, 0) is 25.5 Å². The highest BCUT2D eigenvalue weighted by Crippen LogP contribution is 2.28. The lowest BCUT2D eigenvalue weighted by molar-refractivity contribution is 0.213. The summed E-state index contributed by atoms with van der Waals surface area (Å²) in [6.45, 7) is 4.24. The van der Waals surface area contributed by atoms with Crippen molar-refractivity contribution in [3.8, 4) is 5.75 Å². The third-order valence-electron chi connectivity index (χ3n) is 2.69. The van der Waals surface area contributed by atoms with E-state index in [1.165, 1.54) is 0 Å². The van der Waals surface area contributed by atoms with Crippen molar-refractivity contribution in [2.24, 2.45) is 0 Å². The number of nitrogens with one attached hydrogen (secondary N) is 1. The van der Waals surface area contributed by atoms with E-state index >= 15 is 0 Å². The number of anilines is 1. The van der Waals surface area contributed by atoms with Crippen LogP contribution in [0, 0.1) is 0 Å². The molecule has 0 spiro atoms. The molecule has 3 heteroatoms. The SMILES string of the molecule is CCCC(C)(CO)Nc1ccccc1OC. The average Bonchev–Trinajstić information content (AvgIpc) is 2.30. The number of hydrogen-bond acceptors (Lipinski definition) is 3. The van der Waals surface area contributed by atoms with Gasteiger partial charge < -0.3 is 15.2 Å². The van der Waals surface area contributed by atoms with E-state index in [-0.39, 0.29) is 12.1 Å². The Kier molecular flexibility index (Phi) is 4.62. The zero-order chi connectivity index (χ0) is 12.0. The molecule has 0 bridgehead atoms. The Morgan fingerprint density at radius 3 is 2.62 bits per heavy atom. The van der Waals surface area contributed by atoms with E-state index in [4.69, 9.17) is 4.74 Å². The molecule has 1 rings (SSSR count). The van der Waals surface area contributed by atoms with E-state index in [2.05, 4.69) is 12.2 Å². The van der Waals surface area contributed by atoms with Crippen LogP contribution in [0.5, 0.6) is 5.75 Å². The molecule has 1 aromatic carbocycles. The van der Waals surface area contributed by atoms with Crippen LogP contribution >= 0.6 is 0 Å². The Morgan fingerprint density at radius 2 is 2.06 bits per heavy atom. The van der Waals surface area contributed by atoms with Crippen LogP contribution < -0.4 is 10.1 Å². The standard InChI is InChI=1S/C13H21NO2/c1-4-9-13(2,10-15)14-11-7-5-6-8-12(11)16-3/h5-8,14-15H,4,9-10H2,1-3H3. The number of benzene rings is 1. The minimum absolute atomic E-state index is 0.110. The van der Waals surface area contributed by atoms with Crippen molar-refractivity contribution in [2.75, 3.05) is 19.0 Å². The maximum absolute atomic E-state index is 9.44. The number of ether oxygens (including phenoxy) is 1. The van der Waals surface area contributed by atoms with Crippen LogP contribution in [0.1, 0.15) is 26.7 Å². The largest absolute Gasteiger partial charge is 0.495 e. The molecule has 0 aliphatic heterocycles.